The second-order valence-electron chi connectivity index (χ2n) is 7.33. The van der Waals surface area contributed by atoms with Gasteiger partial charge in [-0.05, 0) is 36.8 Å². The average molecular weight is 346 g/mol. The van der Waals surface area contributed by atoms with Crippen LogP contribution in [0.1, 0.15) is 44.1 Å². The van der Waals surface area contributed by atoms with Gasteiger partial charge in [0.2, 0.25) is 5.91 Å². The fourth-order valence-corrected chi connectivity index (χ4v) is 4.22. The van der Waals surface area contributed by atoms with Crippen molar-refractivity contribution in [1.29, 1.82) is 0 Å². The number of rotatable bonds is 5. The van der Waals surface area contributed by atoms with Crippen molar-refractivity contribution >= 4 is 5.91 Å². The first kappa shape index (κ1) is 18.2. The van der Waals surface area contributed by atoms with Crippen molar-refractivity contribution in [2.24, 2.45) is 0 Å². The van der Waals surface area contributed by atoms with E-state index in [1.54, 1.807) is 7.11 Å². The third kappa shape index (κ3) is 4.15. The molecular formula is C20H30N2O3. The average Bonchev–Trinajstić information content (AvgIpc) is 3.07. The molecule has 0 unspecified atom stereocenters. The summed E-state index contributed by atoms with van der Waals surface area (Å²) < 4.78 is 5.42. The summed E-state index contributed by atoms with van der Waals surface area (Å²) in [6, 6.07) is 8.22. The van der Waals surface area contributed by atoms with Crippen LogP contribution < -0.4 is 4.74 Å². The maximum Gasteiger partial charge on any atom is 0.223 e. The Morgan fingerprint density at radius 1 is 1.24 bits per heavy atom. The smallest absolute Gasteiger partial charge is 0.223 e. The van der Waals surface area contributed by atoms with Gasteiger partial charge < -0.3 is 14.7 Å². The molecule has 5 heteroatoms. The number of nitrogens with zero attached hydrogens (tertiary/aromatic N) is 2. The molecule has 1 aromatic rings. The van der Waals surface area contributed by atoms with Crippen molar-refractivity contribution in [3.63, 3.8) is 0 Å². The van der Waals surface area contributed by atoms with Crippen LogP contribution in [0.2, 0.25) is 0 Å². The standard InChI is InChI=1S/C20H30N2O3/c1-15(16-6-3-4-9-19(16)25-2)14-20(24)22-12-10-21(11-13-22)17-7-5-8-18(17)23/h3-4,6,9,15,17-18,23H,5,7-8,10-14H2,1-2H3/t15-,17+,18+/m1/s1. The summed E-state index contributed by atoms with van der Waals surface area (Å²) in [6.45, 7) is 5.36. The molecule has 138 valence electrons. The molecule has 1 N–H and O–H groups in total. The Morgan fingerprint density at radius 2 is 1.96 bits per heavy atom. The van der Waals surface area contributed by atoms with Gasteiger partial charge in [-0.15, -0.1) is 0 Å². The van der Waals surface area contributed by atoms with E-state index in [9.17, 15) is 9.90 Å². The minimum Gasteiger partial charge on any atom is -0.496 e. The van der Waals surface area contributed by atoms with Crippen molar-refractivity contribution in [2.75, 3.05) is 33.3 Å². The van der Waals surface area contributed by atoms with Crippen LogP contribution in [0.15, 0.2) is 24.3 Å². The topological polar surface area (TPSA) is 53.0 Å². The predicted molar refractivity (Wildman–Crippen MR) is 97.8 cm³/mol. The van der Waals surface area contributed by atoms with Crippen molar-refractivity contribution in [1.82, 2.24) is 9.80 Å². The summed E-state index contributed by atoms with van der Waals surface area (Å²) in [5, 5.41) is 10.1. The molecule has 0 aromatic heterocycles. The summed E-state index contributed by atoms with van der Waals surface area (Å²) in [6.07, 6.45) is 3.43. The number of methoxy groups -OCH3 is 1. The zero-order valence-electron chi connectivity index (χ0n) is 15.4. The second-order valence-corrected chi connectivity index (χ2v) is 7.33. The number of ether oxygens (including phenoxy) is 1. The number of piperazine rings is 1. The molecule has 1 saturated carbocycles. The summed E-state index contributed by atoms with van der Waals surface area (Å²) in [5.74, 6) is 1.20. The molecule has 1 aliphatic heterocycles. The fraction of sp³-hybridized carbons (Fsp3) is 0.650. The van der Waals surface area contributed by atoms with E-state index in [-0.39, 0.29) is 17.9 Å². The lowest BCUT2D eigenvalue weighted by atomic mass is 9.96. The molecule has 1 amide bonds. The Balaban J connectivity index is 1.52. The number of benzene rings is 1. The highest BCUT2D eigenvalue weighted by atomic mass is 16.5. The molecule has 2 fully saturated rings. The van der Waals surface area contributed by atoms with Crippen molar-refractivity contribution in [3.8, 4) is 5.75 Å². The first-order valence-corrected chi connectivity index (χ1v) is 9.43. The predicted octanol–water partition coefficient (Wildman–Crippen LogP) is 2.25. The number of carbonyl (C=O) groups is 1. The molecule has 0 radical (unpaired) electrons. The molecule has 1 heterocycles. The lowest BCUT2D eigenvalue weighted by Gasteiger charge is -2.39. The highest BCUT2D eigenvalue weighted by Gasteiger charge is 2.33. The van der Waals surface area contributed by atoms with Gasteiger partial charge >= 0.3 is 0 Å². The monoisotopic (exact) mass is 346 g/mol. The van der Waals surface area contributed by atoms with Gasteiger partial charge in [-0.25, -0.2) is 0 Å². The second kappa shape index (κ2) is 8.19. The molecule has 3 atom stereocenters. The van der Waals surface area contributed by atoms with Crippen LogP contribution in [0.3, 0.4) is 0 Å². The molecular weight excluding hydrogens is 316 g/mol. The van der Waals surface area contributed by atoms with E-state index in [1.165, 1.54) is 0 Å². The molecule has 0 bridgehead atoms. The number of aliphatic hydroxyl groups excluding tert-OH is 1. The van der Waals surface area contributed by atoms with Gasteiger partial charge in [0, 0.05) is 38.6 Å². The lowest BCUT2D eigenvalue weighted by Crippen LogP contribution is -2.53. The van der Waals surface area contributed by atoms with Crippen LogP contribution in [0.5, 0.6) is 5.75 Å². The van der Waals surface area contributed by atoms with Crippen LogP contribution in [0, 0.1) is 0 Å². The SMILES string of the molecule is COc1ccccc1[C@H](C)CC(=O)N1CCN([C@H]2CCC[C@@H]2O)CC1. The quantitative estimate of drug-likeness (QED) is 0.888. The van der Waals surface area contributed by atoms with Gasteiger partial charge in [0.15, 0.2) is 0 Å². The molecule has 3 rings (SSSR count). The Kier molecular flexibility index (Phi) is 5.97. The maximum absolute atomic E-state index is 12.7. The van der Waals surface area contributed by atoms with Crippen LogP contribution in [-0.4, -0.2) is 66.2 Å². The highest BCUT2D eigenvalue weighted by Crippen LogP contribution is 2.29. The van der Waals surface area contributed by atoms with Gasteiger partial charge in [-0.3, -0.25) is 9.69 Å². The van der Waals surface area contributed by atoms with Crippen LogP contribution in [-0.2, 0) is 4.79 Å². The zero-order chi connectivity index (χ0) is 17.8. The van der Waals surface area contributed by atoms with Crippen molar-refractivity contribution < 1.29 is 14.6 Å². The third-order valence-corrected chi connectivity index (χ3v) is 5.73. The summed E-state index contributed by atoms with van der Waals surface area (Å²) in [7, 11) is 1.67. The van der Waals surface area contributed by atoms with E-state index in [4.69, 9.17) is 4.74 Å². The van der Waals surface area contributed by atoms with E-state index >= 15 is 0 Å². The van der Waals surface area contributed by atoms with E-state index in [0.717, 1.165) is 56.8 Å². The highest BCUT2D eigenvalue weighted by molar-refractivity contribution is 5.77. The van der Waals surface area contributed by atoms with Gasteiger partial charge in [0.1, 0.15) is 5.75 Å². The zero-order valence-corrected chi connectivity index (χ0v) is 15.4. The Labute approximate surface area is 150 Å². The largest absolute Gasteiger partial charge is 0.496 e. The van der Waals surface area contributed by atoms with Crippen LogP contribution in [0.4, 0.5) is 0 Å². The third-order valence-electron chi connectivity index (χ3n) is 5.73. The molecule has 0 spiro atoms. The molecule has 25 heavy (non-hydrogen) atoms. The van der Waals surface area contributed by atoms with Crippen LogP contribution >= 0.6 is 0 Å². The normalized spacial score (nSPS) is 25.8. The van der Waals surface area contributed by atoms with Crippen molar-refractivity contribution in [2.45, 2.75) is 50.7 Å². The van der Waals surface area contributed by atoms with Gasteiger partial charge in [0.05, 0.1) is 13.2 Å². The van der Waals surface area contributed by atoms with Crippen molar-refractivity contribution in [3.05, 3.63) is 29.8 Å². The minimum absolute atomic E-state index is 0.137. The maximum atomic E-state index is 12.7. The van der Waals surface area contributed by atoms with Gasteiger partial charge in [0.25, 0.3) is 0 Å². The molecule has 1 aromatic carbocycles. The number of carbonyl (C=O) groups excluding carboxylic acids is 1. The molecule has 5 nitrogen and oxygen atoms in total. The van der Waals surface area contributed by atoms with Gasteiger partial charge in [-0.1, -0.05) is 25.1 Å². The number of amides is 1. The summed E-state index contributed by atoms with van der Waals surface area (Å²) in [5.41, 5.74) is 1.09. The summed E-state index contributed by atoms with van der Waals surface area (Å²) in [4.78, 5) is 17.0. The Hall–Kier alpha value is -1.59. The molecule has 1 saturated heterocycles. The van der Waals surface area contributed by atoms with E-state index in [2.05, 4.69) is 11.8 Å². The van der Waals surface area contributed by atoms with E-state index in [1.807, 2.05) is 29.2 Å². The number of aliphatic hydroxyl groups is 1. The minimum atomic E-state index is -0.187. The number of hydrogen-bond donors (Lipinski definition) is 1. The molecule has 1 aliphatic carbocycles. The summed E-state index contributed by atoms with van der Waals surface area (Å²) >= 11 is 0. The first-order valence-electron chi connectivity index (χ1n) is 9.43. The molecule has 2 aliphatic rings. The van der Waals surface area contributed by atoms with E-state index < -0.39 is 0 Å². The first-order chi connectivity index (χ1) is 12.1. The number of para-hydroxylation sites is 1. The fourth-order valence-electron chi connectivity index (χ4n) is 4.22. The van der Waals surface area contributed by atoms with E-state index in [0.29, 0.717) is 12.5 Å². The number of hydrogen-bond acceptors (Lipinski definition) is 4. The lowest BCUT2D eigenvalue weighted by molar-refractivity contribution is -0.133. The Morgan fingerprint density at radius 3 is 2.60 bits per heavy atom. The van der Waals surface area contributed by atoms with Crippen LogP contribution in [0.25, 0.3) is 0 Å². The Bertz CT molecular complexity index is 584. The van der Waals surface area contributed by atoms with Gasteiger partial charge in [-0.2, -0.15) is 0 Å².